The van der Waals surface area contributed by atoms with Crippen molar-refractivity contribution in [1.82, 2.24) is 4.72 Å². The number of sulfonamides is 1. The molecule has 0 amide bonds. The number of hydrogen-bond acceptors (Lipinski definition) is 5. The van der Waals surface area contributed by atoms with E-state index in [0.29, 0.717) is 10.8 Å². The lowest BCUT2D eigenvalue weighted by molar-refractivity contribution is 0.486. The number of nitrogens with one attached hydrogen (secondary N) is 1. The van der Waals surface area contributed by atoms with Gasteiger partial charge >= 0.3 is 0 Å². The highest BCUT2D eigenvalue weighted by molar-refractivity contribution is 7.91. The van der Waals surface area contributed by atoms with Crippen molar-refractivity contribution in [1.29, 1.82) is 5.26 Å². The predicted octanol–water partition coefficient (Wildman–Crippen LogP) is 1.27. The topological polar surface area (TPSA) is 96.0 Å². The summed E-state index contributed by atoms with van der Waals surface area (Å²) in [6.45, 7) is 4.28. The molecule has 0 spiro atoms. The van der Waals surface area contributed by atoms with Crippen LogP contribution in [0.5, 0.6) is 0 Å². The summed E-state index contributed by atoms with van der Waals surface area (Å²) in [6.07, 6.45) is 0.760. The molecule has 0 fully saturated rings. The van der Waals surface area contributed by atoms with Crippen molar-refractivity contribution >= 4 is 21.4 Å². The Morgan fingerprint density at radius 3 is 2.67 bits per heavy atom. The van der Waals surface area contributed by atoms with Gasteiger partial charge < -0.3 is 5.73 Å². The van der Waals surface area contributed by atoms with Gasteiger partial charge in [0.15, 0.2) is 0 Å². The van der Waals surface area contributed by atoms with E-state index >= 15 is 0 Å². The molecule has 1 aromatic rings. The summed E-state index contributed by atoms with van der Waals surface area (Å²) in [5, 5.41) is 8.66. The smallest absolute Gasteiger partial charge is 0.250 e. The Morgan fingerprint density at radius 2 is 2.17 bits per heavy atom. The molecule has 0 aromatic carbocycles. The number of nitrogens with two attached hydrogens (primary N) is 1. The normalized spacial score (nSPS) is 13.5. The van der Waals surface area contributed by atoms with E-state index in [0.717, 1.165) is 17.8 Å². The van der Waals surface area contributed by atoms with Crippen LogP contribution < -0.4 is 10.5 Å². The molecule has 1 unspecified atom stereocenters. The molecule has 0 aliphatic rings. The van der Waals surface area contributed by atoms with Gasteiger partial charge in [0.05, 0.1) is 0 Å². The Morgan fingerprint density at radius 1 is 1.50 bits per heavy atom. The zero-order valence-electron chi connectivity index (χ0n) is 10.4. The van der Waals surface area contributed by atoms with Crippen molar-refractivity contribution < 1.29 is 8.42 Å². The molecule has 0 aliphatic heterocycles. The molecule has 7 heteroatoms. The van der Waals surface area contributed by atoms with E-state index in [4.69, 9.17) is 11.0 Å². The highest BCUT2D eigenvalue weighted by atomic mass is 32.2. The van der Waals surface area contributed by atoms with Gasteiger partial charge in [0.1, 0.15) is 15.2 Å². The summed E-state index contributed by atoms with van der Waals surface area (Å²) in [5.74, 6) is 0.427. The molecule has 18 heavy (non-hydrogen) atoms. The molecule has 0 radical (unpaired) electrons. The molecule has 3 N–H and O–H groups in total. The highest BCUT2D eigenvalue weighted by Crippen LogP contribution is 2.20. The molecule has 100 valence electrons. The standard InChI is InChI=1S/C11H17N3O2S2/c1-8(2)5-9(13)7-14-18(15,16)11-4-3-10(6-12)17-11/h3-4,8-9,14H,5,7,13H2,1-2H3. The average molecular weight is 287 g/mol. The molecule has 0 saturated heterocycles. The van der Waals surface area contributed by atoms with Crippen LogP contribution in [0.15, 0.2) is 16.3 Å². The van der Waals surface area contributed by atoms with Gasteiger partial charge in [-0.3, -0.25) is 0 Å². The van der Waals surface area contributed by atoms with Gasteiger partial charge in [-0.1, -0.05) is 13.8 Å². The van der Waals surface area contributed by atoms with Crippen molar-refractivity contribution in [2.75, 3.05) is 6.54 Å². The van der Waals surface area contributed by atoms with Crippen LogP contribution >= 0.6 is 11.3 Å². The van der Waals surface area contributed by atoms with Gasteiger partial charge in [0.25, 0.3) is 0 Å². The number of hydrogen-bond donors (Lipinski definition) is 2. The summed E-state index contributed by atoms with van der Waals surface area (Å²) in [7, 11) is -3.54. The summed E-state index contributed by atoms with van der Waals surface area (Å²) in [6, 6.07) is 4.64. The predicted molar refractivity (Wildman–Crippen MR) is 71.7 cm³/mol. The van der Waals surface area contributed by atoms with E-state index in [1.807, 2.05) is 19.9 Å². The second kappa shape index (κ2) is 6.29. The second-order valence-electron chi connectivity index (χ2n) is 4.47. The fourth-order valence-corrected chi connectivity index (χ4v) is 3.74. The van der Waals surface area contributed by atoms with E-state index in [9.17, 15) is 8.42 Å². The number of rotatable bonds is 6. The highest BCUT2D eigenvalue weighted by Gasteiger charge is 2.18. The maximum Gasteiger partial charge on any atom is 0.250 e. The van der Waals surface area contributed by atoms with E-state index in [-0.39, 0.29) is 16.8 Å². The fourth-order valence-electron chi connectivity index (χ4n) is 1.50. The average Bonchev–Trinajstić information content (AvgIpc) is 2.75. The first-order chi connectivity index (χ1) is 8.35. The molecule has 5 nitrogen and oxygen atoms in total. The molecule has 1 heterocycles. The quantitative estimate of drug-likeness (QED) is 0.823. The number of nitriles is 1. The lowest BCUT2D eigenvalue weighted by atomic mass is 10.1. The summed E-state index contributed by atoms with van der Waals surface area (Å²) in [5.41, 5.74) is 5.82. The lowest BCUT2D eigenvalue weighted by Gasteiger charge is -2.14. The molecule has 1 atom stereocenters. The van der Waals surface area contributed by atoms with E-state index in [1.54, 1.807) is 0 Å². The Balaban J connectivity index is 2.63. The van der Waals surface area contributed by atoms with Crippen LogP contribution in [0.3, 0.4) is 0 Å². The Hall–Kier alpha value is -0.940. The summed E-state index contributed by atoms with van der Waals surface area (Å²) < 4.78 is 26.4. The van der Waals surface area contributed by atoms with E-state index < -0.39 is 10.0 Å². The number of nitrogens with zero attached hydrogens (tertiary/aromatic N) is 1. The third-order valence-electron chi connectivity index (χ3n) is 2.27. The maximum atomic E-state index is 11.9. The first-order valence-electron chi connectivity index (χ1n) is 5.60. The largest absolute Gasteiger partial charge is 0.327 e. The van der Waals surface area contributed by atoms with Crippen molar-refractivity contribution in [3.8, 4) is 6.07 Å². The SMILES string of the molecule is CC(C)CC(N)CNS(=O)(=O)c1ccc(C#N)s1. The summed E-state index contributed by atoms with van der Waals surface area (Å²) in [4.78, 5) is 0.377. The van der Waals surface area contributed by atoms with Gasteiger partial charge in [0.2, 0.25) is 10.0 Å². The van der Waals surface area contributed by atoms with Gasteiger partial charge in [-0.25, -0.2) is 13.1 Å². The minimum absolute atomic E-state index is 0.149. The van der Waals surface area contributed by atoms with Crippen molar-refractivity contribution in [2.45, 2.75) is 30.5 Å². The first-order valence-corrected chi connectivity index (χ1v) is 7.90. The van der Waals surface area contributed by atoms with E-state index in [1.165, 1.54) is 12.1 Å². The molecule has 1 rings (SSSR count). The van der Waals surface area contributed by atoms with Crippen molar-refractivity contribution in [3.05, 3.63) is 17.0 Å². The number of thiophene rings is 1. The Bertz CT molecular complexity index is 529. The van der Waals surface area contributed by atoms with Crippen LogP contribution in [0, 0.1) is 17.2 Å². The molecule has 0 aliphatic carbocycles. The lowest BCUT2D eigenvalue weighted by Crippen LogP contribution is -2.37. The minimum atomic E-state index is -3.54. The Labute approximate surface area is 112 Å². The second-order valence-corrected chi connectivity index (χ2v) is 7.55. The molecule has 0 saturated carbocycles. The Kier molecular flexibility index (Phi) is 5.28. The van der Waals surface area contributed by atoms with Crippen LogP contribution in [0.2, 0.25) is 0 Å². The first kappa shape index (κ1) is 15.1. The molecule has 1 aromatic heterocycles. The zero-order valence-corrected chi connectivity index (χ0v) is 12.0. The van der Waals surface area contributed by atoms with Crippen LogP contribution in [-0.2, 0) is 10.0 Å². The van der Waals surface area contributed by atoms with Crippen LogP contribution in [0.1, 0.15) is 25.1 Å². The van der Waals surface area contributed by atoms with Crippen LogP contribution in [0.25, 0.3) is 0 Å². The third kappa shape index (κ3) is 4.38. The van der Waals surface area contributed by atoms with Crippen LogP contribution in [-0.4, -0.2) is 21.0 Å². The molecular formula is C11H17N3O2S2. The molecular weight excluding hydrogens is 270 g/mol. The minimum Gasteiger partial charge on any atom is -0.327 e. The monoisotopic (exact) mass is 287 g/mol. The maximum absolute atomic E-state index is 11.9. The molecule has 0 bridgehead atoms. The van der Waals surface area contributed by atoms with Gasteiger partial charge in [0, 0.05) is 12.6 Å². The van der Waals surface area contributed by atoms with Crippen molar-refractivity contribution in [3.63, 3.8) is 0 Å². The van der Waals surface area contributed by atoms with Crippen LogP contribution in [0.4, 0.5) is 0 Å². The van der Waals surface area contributed by atoms with Crippen molar-refractivity contribution in [2.24, 2.45) is 11.7 Å². The third-order valence-corrected chi connectivity index (χ3v) is 5.17. The zero-order chi connectivity index (χ0) is 13.8. The van der Waals surface area contributed by atoms with Gasteiger partial charge in [-0.05, 0) is 24.5 Å². The summed E-state index contributed by atoms with van der Waals surface area (Å²) >= 11 is 0.953. The van der Waals surface area contributed by atoms with Gasteiger partial charge in [-0.15, -0.1) is 11.3 Å². The van der Waals surface area contributed by atoms with Gasteiger partial charge in [-0.2, -0.15) is 5.26 Å². The fraction of sp³-hybridized carbons (Fsp3) is 0.545. The van der Waals surface area contributed by atoms with E-state index in [2.05, 4.69) is 4.72 Å².